The summed E-state index contributed by atoms with van der Waals surface area (Å²) >= 11 is 0. The number of hydrogen-bond acceptors (Lipinski definition) is 4. The van der Waals surface area contributed by atoms with Crippen LogP contribution in [0.1, 0.15) is 16.7 Å². The van der Waals surface area contributed by atoms with Gasteiger partial charge < -0.3 is 19.3 Å². The first-order valence-electron chi connectivity index (χ1n) is 11.1. The molecule has 0 saturated carbocycles. The van der Waals surface area contributed by atoms with Crippen LogP contribution in [0, 0.1) is 0 Å². The van der Waals surface area contributed by atoms with Gasteiger partial charge in [-0.25, -0.2) is 0 Å². The lowest BCUT2D eigenvalue weighted by atomic mass is 9.77. The molecule has 0 saturated heterocycles. The highest BCUT2D eigenvalue weighted by Crippen LogP contribution is 2.45. The molecule has 0 aliphatic heterocycles. The van der Waals surface area contributed by atoms with Gasteiger partial charge >= 0.3 is 0 Å². The van der Waals surface area contributed by atoms with Gasteiger partial charge in [0, 0.05) is 57.6 Å². The predicted molar refractivity (Wildman–Crippen MR) is 139 cm³/mol. The quantitative estimate of drug-likeness (QED) is 0.333. The largest absolute Gasteiger partial charge is 0.496 e. The van der Waals surface area contributed by atoms with E-state index in [1.165, 1.54) is 0 Å². The van der Waals surface area contributed by atoms with E-state index in [2.05, 4.69) is 111 Å². The number of nitrogens with zero attached hydrogens (tertiary/aromatic N) is 2. The van der Waals surface area contributed by atoms with Gasteiger partial charge in [0.05, 0.1) is 7.11 Å². The summed E-state index contributed by atoms with van der Waals surface area (Å²) in [5.41, 5.74) is 4.69. The second kappa shape index (κ2) is 9.16. The molecule has 4 aromatic carbocycles. The maximum Gasteiger partial charge on any atom is 0.144 e. The SMILES string of the molecule is COc1ccc(C(OC)(c2ccc(N(C)C)cc2)c2cccc(N(C)C)c2)c2ccccc12. The lowest BCUT2D eigenvalue weighted by Gasteiger charge is -2.36. The Morgan fingerprint density at radius 1 is 0.606 bits per heavy atom. The summed E-state index contributed by atoms with van der Waals surface area (Å²) < 4.78 is 12.2. The molecule has 0 aromatic heterocycles. The van der Waals surface area contributed by atoms with Crippen molar-refractivity contribution in [3.63, 3.8) is 0 Å². The van der Waals surface area contributed by atoms with Crippen LogP contribution in [0.25, 0.3) is 10.8 Å². The maximum absolute atomic E-state index is 6.54. The van der Waals surface area contributed by atoms with Crippen LogP contribution in [0.15, 0.2) is 84.9 Å². The lowest BCUT2D eigenvalue weighted by Crippen LogP contribution is -2.32. The molecule has 0 fully saturated rings. The summed E-state index contributed by atoms with van der Waals surface area (Å²) in [5, 5.41) is 2.17. The van der Waals surface area contributed by atoms with Crippen molar-refractivity contribution in [1.29, 1.82) is 0 Å². The third-order valence-corrected chi connectivity index (χ3v) is 6.35. The Morgan fingerprint density at radius 2 is 1.27 bits per heavy atom. The molecule has 1 atom stereocenters. The highest BCUT2D eigenvalue weighted by atomic mass is 16.5. The number of fused-ring (bicyclic) bond motifs is 1. The molecule has 0 amide bonds. The summed E-state index contributed by atoms with van der Waals surface area (Å²) in [6.45, 7) is 0. The van der Waals surface area contributed by atoms with E-state index in [1.807, 2.05) is 12.1 Å². The van der Waals surface area contributed by atoms with Gasteiger partial charge in [-0.05, 0) is 46.8 Å². The Morgan fingerprint density at radius 3 is 1.88 bits per heavy atom. The van der Waals surface area contributed by atoms with E-state index in [-0.39, 0.29) is 0 Å². The Hall–Kier alpha value is -3.50. The molecule has 4 nitrogen and oxygen atoms in total. The number of hydrogen-bond donors (Lipinski definition) is 0. The fourth-order valence-corrected chi connectivity index (χ4v) is 4.58. The van der Waals surface area contributed by atoms with Crippen molar-refractivity contribution in [2.45, 2.75) is 5.60 Å². The molecule has 1 unspecified atom stereocenters. The minimum absolute atomic E-state index is 0.803. The number of benzene rings is 4. The monoisotopic (exact) mass is 440 g/mol. The first kappa shape index (κ1) is 22.7. The van der Waals surface area contributed by atoms with Crippen molar-refractivity contribution in [3.8, 4) is 5.75 Å². The average molecular weight is 441 g/mol. The van der Waals surface area contributed by atoms with Crippen LogP contribution >= 0.6 is 0 Å². The second-order valence-corrected chi connectivity index (χ2v) is 8.63. The fraction of sp³-hybridized carbons (Fsp3) is 0.241. The summed E-state index contributed by atoms with van der Waals surface area (Å²) in [4.78, 5) is 4.22. The highest BCUT2D eigenvalue weighted by molar-refractivity contribution is 5.92. The highest BCUT2D eigenvalue weighted by Gasteiger charge is 2.38. The summed E-state index contributed by atoms with van der Waals surface area (Å²) in [6, 6.07) is 29.7. The van der Waals surface area contributed by atoms with E-state index < -0.39 is 5.60 Å². The van der Waals surface area contributed by atoms with Crippen molar-refractivity contribution < 1.29 is 9.47 Å². The number of anilines is 2. The molecular formula is C29H32N2O2. The summed E-state index contributed by atoms with van der Waals surface area (Å²) in [6.07, 6.45) is 0. The second-order valence-electron chi connectivity index (χ2n) is 8.63. The number of rotatable bonds is 7. The van der Waals surface area contributed by atoms with Crippen molar-refractivity contribution in [1.82, 2.24) is 0 Å². The molecule has 33 heavy (non-hydrogen) atoms. The van der Waals surface area contributed by atoms with Crippen LogP contribution in [0.5, 0.6) is 5.75 Å². The molecular weight excluding hydrogens is 408 g/mol. The first-order valence-corrected chi connectivity index (χ1v) is 11.1. The van der Waals surface area contributed by atoms with Crippen LogP contribution in [0.4, 0.5) is 11.4 Å². The van der Waals surface area contributed by atoms with E-state index in [4.69, 9.17) is 9.47 Å². The normalized spacial score (nSPS) is 12.9. The van der Waals surface area contributed by atoms with Gasteiger partial charge in [0.25, 0.3) is 0 Å². The third kappa shape index (κ3) is 3.91. The Bertz CT molecular complexity index is 1250. The van der Waals surface area contributed by atoms with E-state index in [0.29, 0.717) is 0 Å². The van der Waals surface area contributed by atoms with E-state index >= 15 is 0 Å². The standard InChI is InChI=1S/C29H32N2O2/c1-30(2)23-16-14-21(15-17-23)29(33-6,22-10-9-11-24(20-22)31(3)4)27-18-19-28(32-5)26-13-8-7-12-25(26)27/h7-20H,1-6H3. The molecule has 0 radical (unpaired) electrons. The van der Waals surface area contributed by atoms with Crippen molar-refractivity contribution >= 4 is 22.1 Å². The molecule has 0 spiro atoms. The zero-order valence-electron chi connectivity index (χ0n) is 20.3. The maximum atomic E-state index is 6.54. The van der Waals surface area contributed by atoms with E-state index in [1.54, 1.807) is 14.2 Å². The zero-order valence-corrected chi connectivity index (χ0v) is 20.3. The van der Waals surface area contributed by atoms with Gasteiger partial charge in [0.15, 0.2) is 0 Å². The Balaban J connectivity index is 2.08. The van der Waals surface area contributed by atoms with Gasteiger partial charge in [0.1, 0.15) is 11.4 Å². The van der Waals surface area contributed by atoms with Gasteiger partial charge in [-0.15, -0.1) is 0 Å². The Labute approximate surface area is 197 Å². The minimum Gasteiger partial charge on any atom is -0.496 e. The Kier molecular flexibility index (Phi) is 6.30. The molecule has 0 heterocycles. The molecule has 170 valence electrons. The topological polar surface area (TPSA) is 24.9 Å². The molecule has 4 aromatic rings. The van der Waals surface area contributed by atoms with Crippen LogP contribution in [0.2, 0.25) is 0 Å². The minimum atomic E-state index is -0.803. The molecule has 0 N–H and O–H groups in total. The van der Waals surface area contributed by atoms with Gasteiger partial charge in [0.2, 0.25) is 0 Å². The smallest absolute Gasteiger partial charge is 0.144 e. The molecule has 4 rings (SSSR count). The van der Waals surface area contributed by atoms with E-state index in [0.717, 1.165) is 44.6 Å². The number of ether oxygens (including phenoxy) is 2. The van der Waals surface area contributed by atoms with Crippen LogP contribution < -0.4 is 14.5 Å². The first-order chi connectivity index (χ1) is 15.9. The van der Waals surface area contributed by atoms with Crippen LogP contribution in [-0.4, -0.2) is 42.4 Å². The molecule has 4 heteroatoms. The molecule has 0 bridgehead atoms. The van der Waals surface area contributed by atoms with Gasteiger partial charge in [-0.2, -0.15) is 0 Å². The van der Waals surface area contributed by atoms with Gasteiger partial charge in [-0.1, -0.05) is 54.6 Å². The van der Waals surface area contributed by atoms with Crippen molar-refractivity contribution in [2.24, 2.45) is 0 Å². The molecule has 0 aliphatic carbocycles. The number of methoxy groups -OCH3 is 2. The zero-order chi connectivity index (χ0) is 23.6. The summed E-state index contributed by atoms with van der Waals surface area (Å²) in [5.74, 6) is 0.851. The third-order valence-electron chi connectivity index (χ3n) is 6.35. The van der Waals surface area contributed by atoms with Crippen molar-refractivity contribution in [2.75, 3.05) is 52.2 Å². The van der Waals surface area contributed by atoms with Crippen LogP contribution in [0.3, 0.4) is 0 Å². The van der Waals surface area contributed by atoms with Crippen LogP contribution in [-0.2, 0) is 10.3 Å². The van der Waals surface area contributed by atoms with E-state index in [9.17, 15) is 0 Å². The predicted octanol–water partition coefficient (Wildman–Crippen LogP) is 5.92. The van der Waals surface area contributed by atoms with Gasteiger partial charge in [-0.3, -0.25) is 0 Å². The molecule has 0 aliphatic rings. The summed E-state index contributed by atoms with van der Waals surface area (Å²) in [7, 11) is 11.7. The lowest BCUT2D eigenvalue weighted by molar-refractivity contribution is 0.0598. The average Bonchev–Trinajstić information content (AvgIpc) is 2.85. The fourth-order valence-electron chi connectivity index (χ4n) is 4.58. The van der Waals surface area contributed by atoms with Crippen molar-refractivity contribution in [3.05, 3.63) is 102 Å².